The molecule has 0 fully saturated rings. The third-order valence-electron chi connectivity index (χ3n) is 16.0. The quantitative estimate of drug-likeness (QED) is 0.146. The van der Waals surface area contributed by atoms with Crippen molar-refractivity contribution in [3.63, 3.8) is 0 Å². The summed E-state index contributed by atoms with van der Waals surface area (Å²) in [6, 6.07) is 99.0. The highest BCUT2D eigenvalue weighted by Gasteiger charge is 2.50. The number of para-hydroxylation sites is 1. The molecule has 1 spiro atoms. The molecule has 2 heterocycles. The summed E-state index contributed by atoms with van der Waals surface area (Å²) in [6.45, 7) is 0. The Morgan fingerprint density at radius 1 is 0.392 bits per heavy atom. The Morgan fingerprint density at radius 2 is 0.987 bits per heavy atom. The van der Waals surface area contributed by atoms with Crippen LogP contribution in [0.3, 0.4) is 0 Å². The molecule has 0 saturated carbocycles. The summed E-state index contributed by atoms with van der Waals surface area (Å²) in [6.07, 6.45) is 1.30. The lowest BCUT2D eigenvalue weighted by molar-refractivity contribution is 0.723. The fourth-order valence-electron chi connectivity index (χ4n) is 12.7. The van der Waals surface area contributed by atoms with Gasteiger partial charge in [0.15, 0.2) is 0 Å². The van der Waals surface area contributed by atoms with Gasteiger partial charge in [0, 0.05) is 70.0 Å². The summed E-state index contributed by atoms with van der Waals surface area (Å²) < 4.78 is 2.56. The molecule has 13 aromatic rings. The van der Waals surface area contributed by atoms with Crippen molar-refractivity contribution in [2.45, 2.75) is 15.2 Å². The Morgan fingerprint density at radius 3 is 1.76 bits per heavy atom. The number of anilines is 6. The van der Waals surface area contributed by atoms with Crippen LogP contribution in [0, 0.1) is 16.7 Å². The number of thiophene rings is 1. The van der Waals surface area contributed by atoms with Crippen LogP contribution in [0.4, 0.5) is 34.1 Å². The molecule has 15 rings (SSSR count). The van der Waals surface area contributed by atoms with Gasteiger partial charge in [-0.25, -0.2) is 0 Å². The zero-order chi connectivity index (χ0) is 52.6. The van der Waals surface area contributed by atoms with Gasteiger partial charge in [-0.2, -0.15) is 5.26 Å². The maximum absolute atomic E-state index is 10.1. The zero-order valence-electron chi connectivity index (χ0n) is 42.6. The largest absolute Gasteiger partial charge is 0.310 e. The minimum Gasteiger partial charge on any atom is -0.310 e. The number of hydrogen-bond donors (Lipinski definition) is 1. The van der Waals surface area contributed by atoms with E-state index in [0.29, 0.717) is 11.1 Å². The lowest BCUT2D eigenvalue weighted by Gasteiger charge is -2.40. The van der Waals surface area contributed by atoms with E-state index in [4.69, 9.17) is 5.41 Å². The first kappa shape index (κ1) is 46.5. The molecule has 1 aliphatic carbocycles. The number of nitrogens with one attached hydrogen (secondary N) is 1. The highest BCUT2D eigenvalue weighted by Crippen LogP contribution is 2.62. The minimum absolute atomic E-state index is 0.485. The van der Waals surface area contributed by atoms with Crippen LogP contribution >= 0.6 is 23.1 Å². The molecule has 2 aliphatic rings. The van der Waals surface area contributed by atoms with Gasteiger partial charge in [0.1, 0.15) is 0 Å². The van der Waals surface area contributed by atoms with Gasteiger partial charge in [0.05, 0.1) is 22.7 Å². The Labute approximate surface area is 466 Å². The number of benzene rings is 12. The molecule has 0 saturated heterocycles. The minimum atomic E-state index is -0.485. The second-order valence-corrected chi connectivity index (χ2v) is 22.4. The monoisotopic (exact) mass is 1040 g/mol. The van der Waals surface area contributed by atoms with Crippen LogP contribution in [0.2, 0.25) is 0 Å². The standard InChI is InChI=1S/C73H46N4S2/c74-45-47-40-48(46-75)42-55(41-47)76(51-17-2-1-3-18-51)52-33-35-53(36-34-52)77(54-19-14-16-49(43-54)57-25-15-26-63-62-24-8-12-30-69(62)79-72(57)63)68-38-37-56(58-20-4-5-23-61(58)68)50-32-39-71-67(44-50)73(66-29-11-13-31-70(66)78-71)64-27-9-6-21-59(64)60-22-7-10-28-65(60)73/h1-45,74H. The lowest BCUT2D eigenvalue weighted by Crippen LogP contribution is -2.32. The highest BCUT2D eigenvalue weighted by molar-refractivity contribution is 7.99. The van der Waals surface area contributed by atoms with Crippen molar-refractivity contribution < 1.29 is 0 Å². The maximum atomic E-state index is 10.1. The summed E-state index contributed by atoms with van der Waals surface area (Å²) in [5.41, 5.74) is 19.0. The van der Waals surface area contributed by atoms with Gasteiger partial charge in [0.25, 0.3) is 0 Å². The Balaban J connectivity index is 0.914. The van der Waals surface area contributed by atoms with Crippen molar-refractivity contribution in [3.8, 4) is 39.4 Å². The van der Waals surface area contributed by atoms with Gasteiger partial charge in [-0.15, -0.1) is 11.3 Å². The molecular formula is C73H46N4S2. The molecule has 370 valence electrons. The van der Waals surface area contributed by atoms with E-state index in [9.17, 15) is 5.26 Å². The van der Waals surface area contributed by atoms with Crippen LogP contribution in [0.25, 0.3) is 64.3 Å². The fourth-order valence-corrected chi connectivity index (χ4v) is 15.1. The molecular weight excluding hydrogens is 997 g/mol. The van der Waals surface area contributed by atoms with Crippen LogP contribution < -0.4 is 9.80 Å². The molecule has 6 heteroatoms. The van der Waals surface area contributed by atoms with E-state index in [0.717, 1.165) is 50.5 Å². The van der Waals surface area contributed by atoms with Crippen LogP contribution in [-0.2, 0) is 5.41 Å². The number of hydrogen-bond acceptors (Lipinski definition) is 6. The van der Waals surface area contributed by atoms with Crippen molar-refractivity contribution in [1.82, 2.24) is 0 Å². The van der Waals surface area contributed by atoms with Crippen molar-refractivity contribution >= 4 is 94.4 Å². The maximum Gasteiger partial charge on any atom is 0.0992 e. The predicted molar refractivity (Wildman–Crippen MR) is 331 cm³/mol. The average molecular weight is 1040 g/mol. The van der Waals surface area contributed by atoms with Gasteiger partial charge in [0.2, 0.25) is 0 Å². The second kappa shape index (κ2) is 18.8. The van der Waals surface area contributed by atoms with E-state index in [-0.39, 0.29) is 0 Å². The summed E-state index contributed by atoms with van der Waals surface area (Å²) in [4.78, 5) is 7.12. The summed E-state index contributed by atoms with van der Waals surface area (Å²) >= 11 is 3.73. The third kappa shape index (κ3) is 7.39. The summed E-state index contributed by atoms with van der Waals surface area (Å²) in [5, 5.41) is 23.1. The number of fused-ring (bicyclic) bond motifs is 13. The van der Waals surface area contributed by atoms with E-state index in [1.54, 1.807) is 6.07 Å². The summed E-state index contributed by atoms with van der Waals surface area (Å²) in [7, 11) is 0. The van der Waals surface area contributed by atoms with Gasteiger partial charge in [-0.05, 0) is 164 Å². The van der Waals surface area contributed by atoms with E-state index in [1.807, 2.05) is 53.4 Å². The predicted octanol–water partition coefficient (Wildman–Crippen LogP) is 20.2. The topological polar surface area (TPSA) is 54.1 Å². The first-order valence-electron chi connectivity index (χ1n) is 26.5. The molecule has 4 nitrogen and oxygen atoms in total. The van der Waals surface area contributed by atoms with Crippen LogP contribution in [0.15, 0.2) is 277 Å². The molecule has 12 aromatic carbocycles. The van der Waals surface area contributed by atoms with Gasteiger partial charge >= 0.3 is 0 Å². The van der Waals surface area contributed by atoms with Crippen molar-refractivity contribution in [2.24, 2.45) is 0 Å². The molecule has 1 N–H and O–H groups in total. The smallest absolute Gasteiger partial charge is 0.0992 e. The average Bonchev–Trinajstić information content (AvgIpc) is 3.89. The molecule has 0 bridgehead atoms. The van der Waals surface area contributed by atoms with Crippen LogP contribution in [-0.4, -0.2) is 6.21 Å². The molecule has 0 unspecified atom stereocenters. The number of nitriles is 1. The van der Waals surface area contributed by atoms with Crippen LogP contribution in [0.1, 0.15) is 33.4 Å². The van der Waals surface area contributed by atoms with Gasteiger partial charge < -0.3 is 15.2 Å². The molecule has 0 amide bonds. The van der Waals surface area contributed by atoms with Crippen molar-refractivity contribution in [2.75, 3.05) is 9.80 Å². The second-order valence-electron chi connectivity index (χ2n) is 20.3. The zero-order valence-corrected chi connectivity index (χ0v) is 44.3. The number of nitrogens with zero attached hydrogens (tertiary/aromatic N) is 3. The van der Waals surface area contributed by atoms with E-state index in [1.165, 1.54) is 86.2 Å². The molecule has 79 heavy (non-hydrogen) atoms. The third-order valence-corrected chi connectivity index (χ3v) is 18.4. The van der Waals surface area contributed by atoms with E-state index in [2.05, 4.69) is 246 Å². The van der Waals surface area contributed by atoms with Gasteiger partial charge in [-0.3, -0.25) is 0 Å². The van der Waals surface area contributed by atoms with Crippen molar-refractivity contribution in [1.29, 1.82) is 10.7 Å². The first-order valence-corrected chi connectivity index (χ1v) is 28.2. The Bertz CT molecular complexity index is 4600. The molecule has 1 aliphatic heterocycles. The highest BCUT2D eigenvalue weighted by atomic mass is 32.2. The normalized spacial score (nSPS) is 12.6. The molecule has 0 atom stereocenters. The summed E-state index contributed by atoms with van der Waals surface area (Å²) in [5.74, 6) is 0. The SMILES string of the molecule is N#Cc1cc(C=N)cc(N(c2ccccc2)c2ccc(N(c3cccc(-c4cccc5c4sc4ccccc45)c3)c3ccc(-c4ccc5c(c4)C4(c6ccccc6S5)c5ccccc5-c5ccccc54)c4ccccc34)cc2)c1. The molecule has 0 radical (unpaired) electrons. The first-order chi connectivity index (χ1) is 39.1. The lowest BCUT2D eigenvalue weighted by atomic mass is 9.67. The van der Waals surface area contributed by atoms with E-state index < -0.39 is 5.41 Å². The number of rotatable bonds is 9. The fraction of sp³-hybridized carbons (Fsp3) is 0.0137. The Kier molecular flexibility index (Phi) is 11.0. The Hall–Kier alpha value is -9.77. The molecule has 1 aromatic heterocycles. The van der Waals surface area contributed by atoms with E-state index >= 15 is 0 Å². The van der Waals surface area contributed by atoms with Gasteiger partial charge in [-0.1, -0.05) is 182 Å². The van der Waals surface area contributed by atoms with Crippen LogP contribution in [0.5, 0.6) is 0 Å². The van der Waals surface area contributed by atoms with Crippen molar-refractivity contribution in [3.05, 3.63) is 300 Å².